The van der Waals surface area contributed by atoms with Gasteiger partial charge >= 0.3 is 72.3 Å². The normalized spacial score (nSPS) is 15.0. The molecule has 0 aromatic heterocycles. The average Bonchev–Trinajstić information content (AvgIpc) is 4.24. The number of ether oxygens (including phenoxy) is 2. The van der Waals surface area contributed by atoms with Gasteiger partial charge in [-0.1, -0.05) is 64.2 Å². The van der Waals surface area contributed by atoms with Crippen molar-refractivity contribution in [2.75, 3.05) is 14.1 Å². The monoisotopic (exact) mass is 996 g/mol. The summed E-state index contributed by atoms with van der Waals surface area (Å²) in [4.78, 5) is 57.7. The van der Waals surface area contributed by atoms with Crippen LogP contribution in [0.2, 0.25) is 0 Å². The molecule has 0 saturated heterocycles. The van der Waals surface area contributed by atoms with Crippen molar-refractivity contribution in [1.82, 2.24) is 4.90 Å². The van der Waals surface area contributed by atoms with E-state index >= 15 is 0 Å². The van der Waals surface area contributed by atoms with E-state index in [1.165, 1.54) is 73.3 Å². The van der Waals surface area contributed by atoms with E-state index in [1.54, 1.807) is 37.4 Å². The van der Waals surface area contributed by atoms with Crippen LogP contribution in [0.3, 0.4) is 0 Å². The Labute approximate surface area is 432 Å². The number of amides is 1. The second-order valence-corrected chi connectivity index (χ2v) is 14.3. The zero-order valence-electron chi connectivity index (χ0n) is 37.3. The van der Waals surface area contributed by atoms with Gasteiger partial charge < -0.3 is 38.2 Å². The zero-order chi connectivity index (χ0) is 47.4. The van der Waals surface area contributed by atoms with Crippen LogP contribution >= 0.6 is 15.9 Å². The third-order valence-electron chi connectivity index (χ3n) is 8.76. The SMILES string of the molecule is C#CC1CC1.CN1C(=O)C(c2ccc(OC(F)F)cc2)(c2cccc(C#CC3CC3)c2)N=C1N.CN=C(N)N.O=C(C(=O)c1cccc(Br)c1)c1ccc(OC(F)F)cc1.O=CO[O-].[H-].[Na+].[Na+]. The minimum absolute atomic E-state index is 0. The third-order valence-corrected chi connectivity index (χ3v) is 9.25. The summed E-state index contributed by atoms with van der Waals surface area (Å²) in [6.07, 6.45) is 9.77. The van der Waals surface area contributed by atoms with Crippen molar-refractivity contribution in [2.24, 2.45) is 39.0 Å². The molecule has 0 bridgehead atoms. The molecule has 66 heavy (non-hydrogen) atoms. The number of aliphatic imine (C=N–C) groups is 2. The summed E-state index contributed by atoms with van der Waals surface area (Å²) in [5, 5.41) is 8.43. The van der Waals surface area contributed by atoms with Crippen molar-refractivity contribution >= 4 is 51.8 Å². The largest absolute Gasteiger partial charge is 1.00 e. The number of terminal acetylenes is 1. The molecular formula is C45H43BrF4N6Na2O8. The van der Waals surface area contributed by atoms with Crippen molar-refractivity contribution < 1.29 is 117 Å². The topological polar surface area (TPSA) is 225 Å². The maximum atomic E-state index is 13.2. The standard InChI is InChI=1S/C22H19F2N3O2.C15H9BrF2O3.C5H6.C2H7N3.CH2O3.2Na.H/c1-27-19(28)22(26-21(27)25,16-9-11-18(12-10-16)29-20(23)24)17-4-2-3-15(13-17)8-7-14-5-6-14;16-11-3-1-2-10(8-11)14(20)13(19)9-4-6-12(7-5-9)21-15(17)18;1-2-5-3-4-5;1-5-2(3)4;2-1-4-3;;;/h2-4,9-14,20H,5-6H2,1H3,(H2,25,26);1-8,15H;1,5H,3-4H2;1H3,(H4,3,4,5);1,3H;;;/q;;;;;2*+1;-1/p-1. The summed E-state index contributed by atoms with van der Waals surface area (Å²) in [7, 11) is 3.09. The predicted octanol–water partition coefficient (Wildman–Crippen LogP) is -0.330. The number of guanidine groups is 2. The van der Waals surface area contributed by atoms with E-state index in [2.05, 4.69) is 58.0 Å². The Morgan fingerprint density at radius 2 is 1.38 bits per heavy atom. The summed E-state index contributed by atoms with van der Waals surface area (Å²) >= 11 is 3.22. The van der Waals surface area contributed by atoms with E-state index in [9.17, 15) is 31.9 Å². The molecule has 1 atom stereocenters. The van der Waals surface area contributed by atoms with Crippen LogP contribution in [0.15, 0.2) is 112 Å². The van der Waals surface area contributed by atoms with E-state index < -0.39 is 30.3 Å². The number of carbonyl (C=O) groups is 4. The van der Waals surface area contributed by atoms with Crippen LogP contribution in [-0.2, 0) is 20.0 Å². The number of halogens is 5. The molecule has 4 aromatic carbocycles. The predicted molar refractivity (Wildman–Crippen MR) is 232 cm³/mol. The molecule has 4 aromatic rings. The summed E-state index contributed by atoms with van der Waals surface area (Å²) in [5.74, 6) is 8.53. The molecule has 6 N–H and O–H groups in total. The maximum absolute atomic E-state index is 13.2. The molecule has 2 fully saturated rings. The first-order chi connectivity index (χ1) is 30.5. The fourth-order valence-corrected chi connectivity index (χ4v) is 5.63. The minimum atomic E-state index is -2.94. The number of nitrogens with zero attached hydrogens (tertiary/aromatic N) is 3. The number of rotatable bonds is 10. The smallest absolute Gasteiger partial charge is 1.00 e. The van der Waals surface area contributed by atoms with Gasteiger partial charge in [0.15, 0.2) is 17.5 Å². The van der Waals surface area contributed by atoms with Gasteiger partial charge in [0.1, 0.15) is 11.5 Å². The van der Waals surface area contributed by atoms with Gasteiger partial charge in [-0.05, 0) is 97.5 Å². The van der Waals surface area contributed by atoms with Gasteiger partial charge in [-0.15, -0.1) is 12.3 Å². The van der Waals surface area contributed by atoms with Crippen LogP contribution in [0.1, 0.15) is 64.5 Å². The number of benzene rings is 4. The first-order valence-electron chi connectivity index (χ1n) is 18.9. The van der Waals surface area contributed by atoms with E-state index in [1.807, 2.05) is 18.2 Å². The molecule has 14 nitrogen and oxygen atoms in total. The van der Waals surface area contributed by atoms with Crippen LogP contribution in [0, 0.1) is 36.0 Å². The van der Waals surface area contributed by atoms with E-state index in [-0.39, 0.29) is 107 Å². The Bertz CT molecular complexity index is 2410. The summed E-state index contributed by atoms with van der Waals surface area (Å²) < 4.78 is 58.2. The molecule has 21 heteroatoms. The number of likely N-dealkylation sites (N-methyl/N-ethyl adjacent to an activating group) is 1. The van der Waals surface area contributed by atoms with E-state index in [4.69, 9.17) is 33.7 Å². The molecule has 0 radical (unpaired) electrons. The van der Waals surface area contributed by atoms with Gasteiger partial charge in [0.25, 0.3) is 12.4 Å². The van der Waals surface area contributed by atoms with Crippen molar-refractivity contribution in [1.29, 1.82) is 0 Å². The van der Waals surface area contributed by atoms with Gasteiger partial charge in [0.2, 0.25) is 11.6 Å². The van der Waals surface area contributed by atoms with Gasteiger partial charge in [-0.2, -0.15) is 17.6 Å². The van der Waals surface area contributed by atoms with Gasteiger partial charge in [0.05, 0.1) is 0 Å². The molecular weight excluding hydrogens is 954 g/mol. The molecule has 7 rings (SSSR count). The molecule has 3 aliphatic rings. The van der Waals surface area contributed by atoms with E-state index in [0.717, 1.165) is 18.4 Å². The van der Waals surface area contributed by atoms with Crippen molar-refractivity contribution in [3.8, 4) is 35.7 Å². The number of hydrogen-bond acceptors (Lipinski definition) is 11. The molecule has 2 saturated carbocycles. The number of carbonyl (C=O) groups excluding carboxylic acids is 4. The fraction of sp³-hybridized carbons (Fsp3) is 0.244. The second kappa shape index (κ2) is 29.4. The number of ketones is 2. The first-order valence-corrected chi connectivity index (χ1v) is 19.6. The Balaban J connectivity index is 0.000000999. The Kier molecular flexibility index (Phi) is 26.2. The van der Waals surface area contributed by atoms with Crippen molar-refractivity contribution in [3.63, 3.8) is 0 Å². The molecule has 0 spiro atoms. The van der Waals surface area contributed by atoms with Gasteiger partial charge in [-0.3, -0.25) is 29.1 Å². The molecule has 1 amide bonds. The fourth-order valence-electron chi connectivity index (χ4n) is 5.23. The quantitative estimate of drug-likeness (QED) is 0.0178. The van der Waals surface area contributed by atoms with Gasteiger partial charge in [0, 0.05) is 47.1 Å². The summed E-state index contributed by atoms with van der Waals surface area (Å²) in [5.41, 5.74) is 16.5. The molecule has 1 aliphatic heterocycles. The number of hydrogen-bond donors (Lipinski definition) is 3. The second-order valence-electron chi connectivity index (χ2n) is 13.4. The molecule has 2 aliphatic carbocycles. The Morgan fingerprint density at radius 1 is 0.879 bits per heavy atom. The zero-order valence-corrected chi connectivity index (χ0v) is 41.8. The van der Waals surface area contributed by atoms with Crippen molar-refractivity contribution in [3.05, 3.63) is 129 Å². The molecule has 338 valence electrons. The average molecular weight is 998 g/mol. The van der Waals surface area contributed by atoms with E-state index in [0.29, 0.717) is 27.4 Å². The summed E-state index contributed by atoms with van der Waals surface area (Å²) in [6, 6.07) is 24.6. The van der Waals surface area contributed by atoms with Crippen molar-refractivity contribution in [2.45, 2.75) is 44.4 Å². The Morgan fingerprint density at radius 3 is 1.79 bits per heavy atom. The van der Waals surface area contributed by atoms with Crippen LogP contribution in [0.25, 0.3) is 0 Å². The third kappa shape index (κ3) is 18.9. The van der Waals surface area contributed by atoms with Crippen LogP contribution in [-0.4, -0.2) is 68.1 Å². The van der Waals surface area contributed by atoms with Crippen LogP contribution < -0.4 is 91.0 Å². The minimum Gasteiger partial charge on any atom is -1.00 e. The Hall–Kier alpha value is -5.22. The number of nitrogens with two attached hydrogens (primary N) is 3. The van der Waals surface area contributed by atoms with Gasteiger partial charge in [-0.25, -0.2) is 4.99 Å². The number of alkyl halides is 4. The molecule has 1 heterocycles. The maximum Gasteiger partial charge on any atom is 1.00 e. The van der Waals surface area contributed by atoms with Crippen LogP contribution in [0.4, 0.5) is 17.6 Å². The molecule has 1 unspecified atom stereocenters. The first kappa shape index (κ1) is 58.8. The number of Topliss-reactive ketones (excluding diaryl/α,β-unsaturated/α-hetero) is 2. The summed E-state index contributed by atoms with van der Waals surface area (Å²) in [6.45, 7) is -6.04. The van der Waals surface area contributed by atoms with Crippen LogP contribution in [0.5, 0.6) is 11.5 Å².